The van der Waals surface area contributed by atoms with Crippen LogP contribution in [0.5, 0.6) is 0 Å². The Balaban J connectivity index is 2.34. The minimum Gasteiger partial charge on any atom is -0.368 e. The van der Waals surface area contributed by atoms with Crippen molar-refractivity contribution in [3.05, 3.63) is 11.6 Å². The number of carbonyl (C=O) groups excluding carboxylic acids is 2. The van der Waals surface area contributed by atoms with Crippen LogP contribution in [-0.4, -0.2) is 53.5 Å². The lowest BCUT2D eigenvalue weighted by atomic mass is 10.0. The molecule has 0 aromatic heterocycles. The largest absolute Gasteiger partial charge is 0.418 e. The highest BCUT2D eigenvalue weighted by Gasteiger charge is 2.48. The van der Waals surface area contributed by atoms with Gasteiger partial charge < -0.3 is 10.6 Å². The fourth-order valence-corrected chi connectivity index (χ4v) is 2.40. The number of amides is 3. The third-order valence-electron chi connectivity index (χ3n) is 2.84. The summed E-state index contributed by atoms with van der Waals surface area (Å²) in [6, 6.07) is -2.45. The third kappa shape index (κ3) is 2.05. The molecular formula is C8H11N3O6S. The molecule has 18 heavy (non-hydrogen) atoms. The van der Waals surface area contributed by atoms with Crippen LogP contribution in [-0.2, 0) is 19.5 Å². The summed E-state index contributed by atoms with van der Waals surface area (Å²) in [6.45, 7) is 1.68. The van der Waals surface area contributed by atoms with E-state index in [0.717, 1.165) is 4.90 Å². The van der Waals surface area contributed by atoms with Crippen molar-refractivity contribution in [3.8, 4) is 0 Å². The van der Waals surface area contributed by atoms with Crippen LogP contribution >= 0.6 is 0 Å². The minimum atomic E-state index is -4.81. The van der Waals surface area contributed by atoms with Gasteiger partial charge in [-0.3, -0.25) is 9.35 Å². The van der Waals surface area contributed by atoms with Crippen LogP contribution in [0.4, 0.5) is 4.79 Å². The van der Waals surface area contributed by atoms with Gasteiger partial charge in [0.15, 0.2) is 0 Å². The maximum absolute atomic E-state index is 11.8. The Hall–Kier alpha value is -1.65. The lowest BCUT2D eigenvalue weighted by Gasteiger charge is -2.25. The van der Waals surface area contributed by atoms with Crippen LogP contribution in [0, 0.1) is 0 Å². The number of primary amides is 1. The first-order valence-corrected chi connectivity index (χ1v) is 6.31. The van der Waals surface area contributed by atoms with E-state index in [1.54, 1.807) is 6.92 Å². The summed E-state index contributed by atoms with van der Waals surface area (Å²) in [7, 11) is -4.81. The van der Waals surface area contributed by atoms with Gasteiger partial charge in [0, 0.05) is 0 Å². The molecule has 2 bridgehead atoms. The number of hydrogen-bond donors (Lipinski definition) is 2. The molecule has 9 nitrogen and oxygen atoms in total. The van der Waals surface area contributed by atoms with E-state index in [1.807, 2.05) is 0 Å². The summed E-state index contributed by atoms with van der Waals surface area (Å²) in [5, 5.41) is 0.518. The lowest BCUT2D eigenvalue weighted by Crippen LogP contribution is -2.46. The fourth-order valence-electron chi connectivity index (χ4n) is 2.03. The van der Waals surface area contributed by atoms with Crippen LogP contribution in [0.3, 0.4) is 0 Å². The molecule has 2 rings (SSSR count). The molecule has 0 aliphatic carbocycles. The fraction of sp³-hybridized carbons (Fsp3) is 0.500. The van der Waals surface area contributed by atoms with Gasteiger partial charge in [-0.15, -0.1) is 4.28 Å². The van der Waals surface area contributed by atoms with Crippen molar-refractivity contribution in [1.82, 2.24) is 9.96 Å². The van der Waals surface area contributed by atoms with Gasteiger partial charge in [-0.25, -0.2) is 4.79 Å². The first-order chi connectivity index (χ1) is 8.20. The van der Waals surface area contributed by atoms with Gasteiger partial charge in [0.05, 0.1) is 6.54 Å². The Morgan fingerprint density at radius 3 is 2.72 bits per heavy atom. The molecule has 0 saturated carbocycles. The van der Waals surface area contributed by atoms with E-state index in [0.29, 0.717) is 10.6 Å². The van der Waals surface area contributed by atoms with Crippen LogP contribution < -0.4 is 5.73 Å². The number of hydroxylamine groups is 2. The minimum absolute atomic E-state index is 0.0737. The Morgan fingerprint density at radius 2 is 2.22 bits per heavy atom. The molecule has 0 aromatic rings. The zero-order chi connectivity index (χ0) is 13.7. The number of rotatable bonds is 3. The number of nitrogens with zero attached hydrogens (tertiary/aromatic N) is 2. The Labute approximate surface area is 103 Å². The molecule has 2 atom stereocenters. The summed E-state index contributed by atoms with van der Waals surface area (Å²) in [4.78, 5) is 24.1. The molecule has 10 heteroatoms. The van der Waals surface area contributed by atoms with Crippen molar-refractivity contribution in [2.75, 3.05) is 6.54 Å². The van der Waals surface area contributed by atoms with E-state index in [9.17, 15) is 18.0 Å². The molecule has 1 fully saturated rings. The SMILES string of the molecule is CC1=C[C@@H](C(N)=O)N2C[C@H]1N(OS(=O)(=O)O)C2=O. The van der Waals surface area contributed by atoms with E-state index in [1.165, 1.54) is 6.08 Å². The summed E-state index contributed by atoms with van der Waals surface area (Å²) in [5.74, 6) is -0.727. The van der Waals surface area contributed by atoms with Crippen LogP contribution in [0.2, 0.25) is 0 Å². The number of nitrogens with two attached hydrogens (primary N) is 1. The second-order valence-corrected chi connectivity index (χ2v) is 5.04. The highest BCUT2D eigenvalue weighted by Crippen LogP contribution is 2.30. The molecule has 3 N–H and O–H groups in total. The molecule has 100 valence electrons. The monoisotopic (exact) mass is 277 g/mol. The van der Waals surface area contributed by atoms with E-state index in [-0.39, 0.29) is 6.54 Å². The predicted molar refractivity (Wildman–Crippen MR) is 57.1 cm³/mol. The second-order valence-electron chi connectivity index (χ2n) is 4.04. The van der Waals surface area contributed by atoms with Crippen LogP contribution in [0.1, 0.15) is 6.92 Å². The molecule has 2 aliphatic heterocycles. The van der Waals surface area contributed by atoms with E-state index in [2.05, 4.69) is 4.28 Å². The Kier molecular flexibility index (Phi) is 2.80. The van der Waals surface area contributed by atoms with Crippen molar-refractivity contribution in [1.29, 1.82) is 0 Å². The third-order valence-corrected chi connectivity index (χ3v) is 3.18. The lowest BCUT2D eigenvalue weighted by molar-refractivity contribution is -0.120. The highest BCUT2D eigenvalue weighted by molar-refractivity contribution is 7.80. The molecule has 0 aromatic carbocycles. The topological polar surface area (TPSA) is 130 Å². The smallest absolute Gasteiger partial charge is 0.368 e. The first kappa shape index (κ1) is 12.8. The van der Waals surface area contributed by atoms with Crippen LogP contribution in [0.25, 0.3) is 0 Å². The molecule has 0 unspecified atom stereocenters. The zero-order valence-electron chi connectivity index (χ0n) is 9.31. The van der Waals surface area contributed by atoms with E-state index < -0.39 is 34.4 Å². The molecule has 2 aliphatic rings. The number of fused-ring (bicyclic) bond motifs is 2. The van der Waals surface area contributed by atoms with Gasteiger partial charge in [-0.2, -0.15) is 13.5 Å². The summed E-state index contributed by atoms with van der Waals surface area (Å²) in [5.41, 5.74) is 5.70. The molecule has 0 radical (unpaired) electrons. The van der Waals surface area contributed by atoms with Crippen LogP contribution in [0.15, 0.2) is 11.6 Å². The summed E-state index contributed by atoms with van der Waals surface area (Å²) >= 11 is 0. The maximum Gasteiger partial charge on any atom is 0.418 e. The molecule has 2 heterocycles. The number of hydrogen-bond acceptors (Lipinski definition) is 5. The Bertz CT molecular complexity index is 541. The van der Waals surface area contributed by atoms with Gasteiger partial charge in [-0.1, -0.05) is 6.08 Å². The Morgan fingerprint density at radius 1 is 1.61 bits per heavy atom. The summed E-state index contributed by atoms with van der Waals surface area (Å²) < 4.78 is 34.1. The average Bonchev–Trinajstić information content (AvgIpc) is 2.47. The molecule has 1 saturated heterocycles. The number of carbonyl (C=O) groups is 2. The first-order valence-electron chi connectivity index (χ1n) is 4.95. The van der Waals surface area contributed by atoms with E-state index in [4.69, 9.17) is 10.3 Å². The molecule has 0 spiro atoms. The van der Waals surface area contributed by atoms with Gasteiger partial charge in [0.1, 0.15) is 12.1 Å². The zero-order valence-corrected chi connectivity index (χ0v) is 10.1. The molecular weight excluding hydrogens is 266 g/mol. The number of urea groups is 1. The van der Waals surface area contributed by atoms with Gasteiger partial charge in [0.2, 0.25) is 5.91 Å². The van der Waals surface area contributed by atoms with Gasteiger partial charge >= 0.3 is 16.4 Å². The van der Waals surface area contributed by atoms with Crippen molar-refractivity contribution in [3.63, 3.8) is 0 Å². The van der Waals surface area contributed by atoms with Crippen molar-refractivity contribution < 1.29 is 26.8 Å². The second kappa shape index (κ2) is 3.93. The molecule has 3 amide bonds. The van der Waals surface area contributed by atoms with Crippen molar-refractivity contribution in [2.24, 2.45) is 5.73 Å². The normalized spacial score (nSPS) is 27.4. The van der Waals surface area contributed by atoms with E-state index >= 15 is 0 Å². The van der Waals surface area contributed by atoms with Gasteiger partial charge in [-0.05, 0) is 12.5 Å². The average molecular weight is 277 g/mol. The van der Waals surface area contributed by atoms with Crippen molar-refractivity contribution in [2.45, 2.75) is 19.0 Å². The maximum atomic E-state index is 11.8. The quantitative estimate of drug-likeness (QED) is 0.484. The standard InChI is InChI=1S/C8H11N3O6S/c1-4-2-5(7(9)12)10-3-6(4)11(8(10)13)17-18(14,15)16/h2,5-6H,3H2,1H3,(H2,9,12)(H,14,15,16)/t5-,6+/m0/s1. The highest BCUT2D eigenvalue weighted by atomic mass is 32.3. The van der Waals surface area contributed by atoms with Crippen molar-refractivity contribution >= 4 is 22.3 Å². The predicted octanol–water partition coefficient (Wildman–Crippen LogP) is -1.36. The summed E-state index contributed by atoms with van der Waals surface area (Å²) in [6.07, 6.45) is 1.46. The van der Waals surface area contributed by atoms with Gasteiger partial charge in [0.25, 0.3) is 0 Å².